The van der Waals surface area contributed by atoms with Gasteiger partial charge < -0.3 is 26.0 Å². The van der Waals surface area contributed by atoms with Crippen LogP contribution < -0.4 is 20.9 Å². The van der Waals surface area contributed by atoms with Gasteiger partial charge in [-0.05, 0) is 24.1 Å². The monoisotopic (exact) mass is 238 g/mol. The Bertz CT molecular complexity index is 435. The van der Waals surface area contributed by atoms with Crippen molar-refractivity contribution < 1.29 is 19.4 Å². The van der Waals surface area contributed by atoms with Gasteiger partial charge in [-0.25, -0.2) is 0 Å². The summed E-state index contributed by atoms with van der Waals surface area (Å²) >= 11 is 0. The van der Waals surface area contributed by atoms with E-state index in [0.717, 1.165) is 5.56 Å². The number of carboxylic acids is 1. The Balaban J connectivity index is 2.09. The van der Waals surface area contributed by atoms with Crippen LogP contribution in [0.3, 0.4) is 0 Å². The first-order valence-corrected chi connectivity index (χ1v) is 5.21. The van der Waals surface area contributed by atoms with Gasteiger partial charge in [0.2, 0.25) is 6.79 Å². The molecule has 0 saturated heterocycles. The third-order valence-electron chi connectivity index (χ3n) is 2.65. The lowest BCUT2D eigenvalue weighted by atomic mass is 10.0. The number of ether oxygens (including phenoxy) is 2. The van der Waals surface area contributed by atoms with Crippen LogP contribution in [0.25, 0.3) is 0 Å². The predicted octanol–water partition coefficient (Wildman–Crippen LogP) is 0.217. The van der Waals surface area contributed by atoms with Gasteiger partial charge in [0.25, 0.3) is 0 Å². The highest BCUT2D eigenvalue weighted by molar-refractivity contribution is 5.73. The van der Waals surface area contributed by atoms with Gasteiger partial charge in [0, 0.05) is 6.04 Å². The van der Waals surface area contributed by atoms with E-state index in [1.165, 1.54) is 0 Å². The van der Waals surface area contributed by atoms with E-state index >= 15 is 0 Å². The number of aliphatic carboxylic acids is 1. The van der Waals surface area contributed by atoms with Crippen molar-refractivity contribution in [2.45, 2.75) is 18.5 Å². The normalized spacial score (nSPS) is 16.6. The summed E-state index contributed by atoms with van der Waals surface area (Å²) in [6.45, 7) is 0.197. The molecule has 0 amide bonds. The van der Waals surface area contributed by atoms with Crippen LogP contribution in [0.15, 0.2) is 18.2 Å². The first kappa shape index (κ1) is 11.7. The molecule has 0 radical (unpaired) electrons. The molecule has 1 aliphatic heterocycles. The van der Waals surface area contributed by atoms with Crippen molar-refractivity contribution in [3.8, 4) is 11.5 Å². The van der Waals surface area contributed by atoms with Gasteiger partial charge in [0.15, 0.2) is 11.5 Å². The third-order valence-corrected chi connectivity index (χ3v) is 2.65. The number of carboxylic acid groups (broad SMARTS) is 1. The fourth-order valence-electron chi connectivity index (χ4n) is 1.65. The second kappa shape index (κ2) is 4.60. The predicted molar refractivity (Wildman–Crippen MR) is 59.7 cm³/mol. The van der Waals surface area contributed by atoms with E-state index in [1.54, 1.807) is 18.2 Å². The standard InChI is InChI=1S/C11H14N2O4/c12-7(4-8(13)11(14)15)6-1-2-9-10(3-6)17-5-16-9/h1-3,7-8H,4-5,12-13H2,(H,14,15). The highest BCUT2D eigenvalue weighted by Gasteiger charge is 2.20. The van der Waals surface area contributed by atoms with Gasteiger partial charge in [-0.1, -0.05) is 6.07 Å². The minimum atomic E-state index is -1.05. The number of nitrogens with two attached hydrogens (primary N) is 2. The maximum atomic E-state index is 10.6. The molecule has 0 saturated carbocycles. The minimum absolute atomic E-state index is 0.176. The zero-order valence-electron chi connectivity index (χ0n) is 9.13. The second-order valence-electron chi connectivity index (χ2n) is 3.90. The Hall–Kier alpha value is -1.79. The fraction of sp³-hybridized carbons (Fsp3) is 0.364. The van der Waals surface area contributed by atoms with Crippen LogP contribution in [0.2, 0.25) is 0 Å². The van der Waals surface area contributed by atoms with Crippen molar-refractivity contribution in [3.05, 3.63) is 23.8 Å². The van der Waals surface area contributed by atoms with Crippen LogP contribution in [0.5, 0.6) is 11.5 Å². The molecule has 2 atom stereocenters. The molecule has 0 spiro atoms. The summed E-state index contributed by atoms with van der Waals surface area (Å²) in [6.07, 6.45) is 0.176. The van der Waals surface area contributed by atoms with E-state index in [2.05, 4.69) is 0 Å². The molecule has 2 unspecified atom stereocenters. The Morgan fingerprint density at radius 3 is 2.76 bits per heavy atom. The van der Waals surface area contributed by atoms with E-state index in [9.17, 15) is 4.79 Å². The number of hydrogen-bond donors (Lipinski definition) is 3. The molecule has 6 nitrogen and oxygen atoms in total. The SMILES string of the molecule is NC(CC(N)c1ccc2c(c1)OCO2)C(=O)O. The molecule has 1 aliphatic rings. The molecule has 2 rings (SSSR count). The van der Waals surface area contributed by atoms with Crippen LogP contribution in [-0.4, -0.2) is 23.9 Å². The van der Waals surface area contributed by atoms with Crippen LogP contribution in [0.4, 0.5) is 0 Å². The number of benzene rings is 1. The number of rotatable bonds is 4. The summed E-state index contributed by atoms with van der Waals surface area (Å²) in [5.41, 5.74) is 12.1. The zero-order chi connectivity index (χ0) is 12.4. The Labute approximate surface area is 98.1 Å². The summed E-state index contributed by atoms with van der Waals surface area (Å²) in [5, 5.41) is 8.71. The summed E-state index contributed by atoms with van der Waals surface area (Å²) < 4.78 is 10.4. The van der Waals surface area contributed by atoms with Gasteiger partial charge in [-0.3, -0.25) is 4.79 Å². The zero-order valence-corrected chi connectivity index (χ0v) is 9.13. The number of hydrogen-bond acceptors (Lipinski definition) is 5. The van der Waals surface area contributed by atoms with Crippen molar-refractivity contribution in [1.29, 1.82) is 0 Å². The average molecular weight is 238 g/mol. The van der Waals surface area contributed by atoms with E-state index in [1.807, 2.05) is 0 Å². The Morgan fingerprint density at radius 1 is 1.35 bits per heavy atom. The summed E-state index contributed by atoms with van der Waals surface area (Å²) in [6, 6.07) is 3.89. The molecule has 5 N–H and O–H groups in total. The first-order chi connectivity index (χ1) is 8.08. The molecule has 6 heteroatoms. The molecule has 1 aromatic carbocycles. The molecular weight excluding hydrogens is 224 g/mol. The minimum Gasteiger partial charge on any atom is -0.480 e. The Morgan fingerprint density at radius 2 is 2.06 bits per heavy atom. The molecule has 92 valence electrons. The van der Waals surface area contributed by atoms with Crippen molar-refractivity contribution in [1.82, 2.24) is 0 Å². The average Bonchev–Trinajstić information content (AvgIpc) is 2.75. The van der Waals surface area contributed by atoms with Crippen molar-refractivity contribution in [2.24, 2.45) is 11.5 Å². The summed E-state index contributed by atoms with van der Waals surface area (Å²) in [5.74, 6) is 0.242. The van der Waals surface area contributed by atoms with Crippen LogP contribution in [0, 0.1) is 0 Å². The summed E-state index contributed by atoms with van der Waals surface area (Å²) in [4.78, 5) is 10.6. The van der Waals surface area contributed by atoms with Crippen LogP contribution in [-0.2, 0) is 4.79 Å². The Kier molecular flexibility index (Phi) is 3.16. The smallest absolute Gasteiger partial charge is 0.320 e. The first-order valence-electron chi connectivity index (χ1n) is 5.21. The lowest BCUT2D eigenvalue weighted by molar-refractivity contribution is -0.138. The van der Waals surface area contributed by atoms with E-state index in [-0.39, 0.29) is 13.2 Å². The fourth-order valence-corrected chi connectivity index (χ4v) is 1.65. The highest BCUT2D eigenvalue weighted by Crippen LogP contribution is 2.34. The van der Waals surface area contributed by atoms with Crippen molar-refractivity contribution in [2.75, 3.05) is 6.79 Å². The van der Waals surface area contributed by atoms with Gasteiger partial charge in [-0.15, -0.1) is 0 Å². The molecule has 0 aromatic heterocycles. The third kappa shape index (κ3) is 2.48. The maximum absolute atomic E-state index is 10.6. The lowest BCUT2D eigenvalue weighted by Gasteiger charge is -2.15. The maximum Gasteiger partial charge on any atom is 0.320 e. The van der Waals surface area contributed by atoms with Crippen LogP contribution >= 0.6 is 0 Å². The molecule has 0 bridgehead atoms. The van der Waals surface area contributed by atoms with Gasteiger partial charge >= 0.3 is 5.97 Å². The quantitative estimate of drug-likeness (QED) is 0.692. The molecule has 1 heterocycles. The van der Waals surface area contributed by atoms with Gasteiger partial charge in [0.1, 0.15) is 6.04 Å². The summed E-state index contributed by atoms with van der Waals surface area (Å²) in [7, 11) is 0. The van der Waals surface area contributed by atoms with Crippen molar-refractivity contribution in [3.63, 3.8) is 0 Å². The lowest BCUT2D eigenvalue weighted by Crippen LogP contribution is -2.33. The number of fused-ring (bicyclic) bond motifs is 1. The van der Waals surface area contributed by atoms with E-state index in [4.69, 9.17) is 26.0 Å². The van der Waals surface area contributed by atoms with Crippen LogP contribution in [0.1, 0.15) is 18.0 Å². The molecule has 17 heavy (non-hydrogen) atoms. The molecule has 0 aliphatic carbocycles. The van der Waals surface area contributed by atoms with Gasteiger partial charge in [-0.2, -0.15) is 0 Å². The molecule has 0 fully saturated rings. The molecule has 1 aromatic rings. The van der Waals surface area contributed by atoms with Crippen molar-refractivity contribution >= 4 is 5.97 Å². The topological polar surface area (TPSA) is 108 Å². The number of carbonyl (C=O) groups is 1. The second-order valence-corrected chi connectivity index (χ2v) is 3.90. The molecular formula is C11H14N2O4. The van der Waals surface area contributed by atoms with E-state index < -0.39 is 18.1 Å². The highest BCUT2D eigenvalue weighted by atomic mass is 16.7. The largest absolute Gasteiger partial charge is 0.480 e. The van der Waals surface area contributed by atoms with E-state index in [0.29, 0.717) is 11.5 Å². The van der Waals surface area contributed by atoms with Gasteiger partial charge in [0.05, 0.1) is 0 Å².